The number of hydrogen-bond donors (Lipinski definition) is 2. The van der Waals surface area contributed by atoms with Crippen molar-refractivity contribution in [3.8, 4) is 11.1 Å². The molecule has 5 rings (SSSR count). The Morgan fingerprint density at radius 2 is 1.87 bits per heavy atom. The molecule has 0 saturated carbocycles. The molecule has 198 valence electrons. The van der Waals surface area contributed by atoms with E-state index in [1.807, 2.05) is 54.3 Å². The highest BCUT2D eigenvalue weighted by Crippen LogP contribution is 2.22. The molecule has 4 aromatic rings. The number of nitrogens with zero attached hydrogens (tertiary/aromatic N) is 5. The van der Waals surface area contributed by atoms with Crippen molar-refractivity contribution < 1.29 is 9.53 Å². The Morgan fingerprint density at radius 3 is 2.71 bits per heavy atom. The Morgan fingerprint density at radius 1 is 1.03 bits per heavy atom. The maximum Gasteiger partial charge on any atom is 0.320 e. The number of fused-ring (bicyclic) bond motifs is 1. The van der Waals surface area contributed by atoms with Crippen LogP contribution in [0.4, 0.5) is 10.6 Å². The Labute approximate surface area is 223 Å². The predicted octanol–water partition coefficient (Wildman–Crippen LogP) is 4.36. The number of rotatable bonds is 10. The van der Waals surface area contributed by atoms with Crippen molar-refractivity contribution in [3.05, 3.63) is 72.7 Å². The van der Waals surface area contributed by atoms with Gasteiger partial charge < -0.3 is 10.1 Å². The number of nitrogens with one attached hydrogen (secondary N) is 2. The first-order valence-corrected chi connectivity index (χ1v) is 13.3. The highest BCUT2D eigenvalue weighted by Gasteiger charge is 2.12. The first-order valence-electron chi connectivity index (χ1n) is 13.3. The number of ether oxygens (including phenoxy) is 1. The Balaban J connectivity index is 1.15. The maximum absolute atomic E-state index is 12.6. The molecule has 1 aromatic carbocycles. The second-order valence-electron chi connectivity index (χ2n) is 9.78. The lowest BCUT2D eigenvalue weighted by molar-refractivity contribution is 0.0368. The van der Waals surface area contributed by atoms with E-state index in [0.717, 1.165) is 80.8 Å². The fourth-order valence-corrected chi connectivity index (χ4v) is 4.63. The summed E-state index contributed by atoms with van der Waals surface area (Å²) in [6, 6.07) is 15.7. The molecule has 0 spiro atoms. The van der Waals surface area contributed by atoms with Gasteiger partial charge in [0, 0.05) is 55.7 Å². The van der Waals surface area contributed by atoms with Gasteiger partial charge in [0.1, 0.15) is 5.82 Å². The zero-order chi connectivity index (χ0) is 26.2. The molecule has 0 bridgehead atoms. The van der Waals surface area contributed by atoms with Crippen LogP contribution in [0, 0.1) is 0 Å². The minimum absolute atomic E-state index is 0.0364. The maximum atomic E-state index is 12.6. The number of carbonyl (C=O) groups excluding carboxylic acids is 1. The van der Waals surface area contributed by atoms with E-state index in [1.165, 1.54) is 5.56 Å². The number of aryl methyl sites for hydroxylation is 2. The topological polar surface area (TPSA) is 97.2 Å². The van der Waals surface area contributed by atoms with Gasteiger partial charge in [-0.05, 0) is 49.9 Å². The van der Waals surface area contributed by atoms with E-state index in [0.29, 0.717) is 5.82 Å². The van der Waals surface area contributed by atoms with E-state index < -0.39 is 0 Å². The summed E-state index contributed by atoms with van der Waals surface area (Å²) < 4.78 is 7.40. The van der Waals surface area contributed by atoms with Crippen LogP contribution in [0.3, 0.4) is 0 Å². The van der Waals surface area contributed by atoms with Crippen LogP contribution < -0.4 is 10.6 Å². The zero-order valence-electron chi connectivity index (χ0n) is 21.8. The number of aromatic nitrogens is 4. The molecule has 1 unspecified atom stereocenters. The van der Waals surface area contributed by atoms with Crippen molar-refractivity contribution in [1.82, 2.24) is 30.0 Å². The van der Waals surface area contributed by atoms with Crippen LogP contribution in [0.5, 0.6) is 0 Å². The van der Waals surface area contributed by atoms with Gasteiger partial charge in [-0.15, -0.1) is 0 Å². The van der Waals surface area contributed by atoms with Gasteiger partial charge >= 0.3 is 6.03 Å². The average molecular weight is 514 g/mol. The van der Waals surface area contributed by atoms with E-state index in [9.17, 15) is 4.79 Å². The summed E-state index contributed by atoms with van der Waals surface area (Å²) in [7, 11) is 0. The number of pyridine rings is 2. The number of anilines is 1. The lowest BCUT2D eigenvalue weighted by Crippen LogP contribution is -2.37. The summed E-state index contributed by atoms with van der Waals surface area (Å²) in [5.74, 6) is 0.489. The minimum atomic E-state index is -0.264. The van der Waals surface area contributed by atoms with Crippen molar-refractivity contribution >= 4 is 22.9 Å². The summed E-state index contributed by atoms with van der Waals surface area (Å²) in [6.07, 6.45) is 8.57. The molecule has 3 aromatic heterocycles. The fourth-order valence-electron chi connectivity index (χ4n) is 4.63. The summed E-state index contributed by atoms with van der Waals surface area (Å²) in [4.78, 5) is 24.2. The van der Waals surface area contributed by atoms with E-state index >= 15 is 0 Å². The quantitative estimate of drug-likeness (QED) is 0.327. The lowest BCUT2D eigenvalue weighted by atomic mass is 10.1. The number of hydrogen-bond acceptors (Lipinski definition) is 6. The van der Waals surface area contributed by atoms with Crippen LogP contribution in [-0.2, 0) is 17.7 Å². The predicted molar refractivity (Wildman–Crippen MR) is 149 cm³/mol. The Kier molecular flexibility index (Phi) is 8.57. The van der Waals surface area contributed by atoms with E-state index in [1.54, 1.807) is 6.07 Å². The largest absolute Gasteiger partial charge is 0.379 e. The molecule has 1 atom stereocenters. The molecule has 2 N–H and O–H groups in total. The lowest BCUT2D eigenvalue weighted by Gasteiger charge is -2.26. The van der Waals surface area contributed by atoms with Crippen molar-refractivity contribution in [2.75, 3.05) is 38.2 Å². The number of benzene rings is 1. The number of carbonyl (C=O) groups is 1. The summed E-state index contributed by atoms with van der Waals surface area (Å²) >= 11 is 0. The summed E-state index contributed by atoms with van der Waals surface area (Å²) in [5, 5.41) is 10.4. The first kappa shape index (κ1) is 25.8. The number of amides is 2. The van der Waals surface area contributed by atoms with E-state index in [4.69, 9.17) is 4.74 Å². The molecule has 9 nitrogen and oxygen atoms in total. The standard InChI is InChI=1S/C29H35N7O2/c1-22(8-9-23-6-3-2-4-7-23)32-29(37)34-28-11-10-26-27(33-28)18-24(19-30-26)25-20-31-36(21-25)13-5-12-35-14-16-38-17-15-35/h2-4,6-7,10-11,18-22H,5,8-9,12-17H2,1H3,(H2,32,33,34,37). The highest BCUT2D eigenvalue weighted by molar-refractivity contribution is 5.90. The third-order valence-corrected chi connectivity index (χ3v) is 6.80. The zero-order valence-corrected chi connectivity index (χ0v) is 21.8. The molecule has 2 amide bonds. The third-order valence-electron chi connectivity index (χ3n) is 6.80. The van der Waals surface area contributed by atoms with Crippen LogP contribution in [0.1, 0.15) is 25.3 Å². The molecule has 1 aliphatic rings. The SMILES string of the molecule is CC(CCc1ccccc1)NC(=O)Nc1ccc2ncc(-c3cnn(CCCN4CCOCC4)c3)cc2n1. The van der Waals surface area contributed by atoms with Crippen LogP contribution in [0.15, 0.2) is 67.1 Å². The van der Waals surface area contributed by atoms with Crippen molar-refractivity contribution in [2.45, 2.75) is 38.8 Å². The van der Waals surface area contributed by atoms with Gasteiger partial charge in [-0.3, -0.25) is 19.9 Å². The van der Waals surface area contributed by atoms with Gasteiger partial charge in [-0.1, -0.05) is 30.3 Å². The number of morpholine rings is 1. The third kappa shape index (κ3) is 7.14. The molecule has 1 saturated heterocycles. The van der Waals surface area contributed by atoms with Crippen LogP contribution in [0.25, 0.3) is 22.2 Å². The second-order valence-corrected chi connectivity index (χ2v) is 9.78. The molecule has 38 heavy (non-hydrogen) atoms. The van der Waals surface area contributed by atoms with Gasteiger partial charge in [0.15, 0.2) is 0 Å². The minimum Gasteiger partial charge on any atom is -0.379 e. The molecule has 1 aliphatic heterocycles. The molecule has 4 heterocycles. The average Bonchev–Trinajstić information content (AvgIpc) is 3.41. The molecule has 0 aliphatic carbocycles. The first-order chi connectivity index (χ1) is 18.6. The smallest absolute Gasteiger partial charge is 0.320 e. The molecule has 0 radical (unpaired) electrons. The monoisotopic (exact) mass is 513 g/mol. The van der Waals surface area contributed by atoms with Crippen LogP contribution >= 0.6 is 0 Å². The van der Waals surface area contributed by atoms with Gasteiger partial charge in [0.2, 0.25) is 0 Å². The van der Waals surface area contributed by atoms with Crippen LogP contribution in [-0.4, -0.2) is 69.6 Å². The molecular weight excluding hydrogens is 478 g/mol. The normalized spacial score (nSPS) is 14.9. The molecular formula is C29H35N7O2. The second kappa shape index (κ2) is 12.6. The van der Waals surface area contributed by atoms with Crippen molar-refractivity contribution in [2.24, 2.45) is 0 Å². The van der Waals surface area contributed by atoms with Gasteiger partial charge in [-0.25, -0.2) is 9.78 Å². The Bertz CT molecular complexity index is 1340. The van der Waals surface area contributed by atoms with Gasteiger partial charge in [0.25, 0.3) is 0 Å². The van der Waals surface area contributed by atoms with E-state index in [-0.39, 0.29) is 12.1 Å². The Hall–Kier alpha value is -3.82. The fraction of sp³-hybridized carbons (Fsp3) is 0.379. The van der Waals surface area contributed by atoms with Gasteiger partial charge in [-0.2, -0.15) is 5.10 Å². The number of urea groups is 1. The van der Waals surface area contributed by atoms with Crippen molar-refractivity contribution in [1.29, 1.82) is 0 Å². The van der Waals surface area contributed by atoms with Crippen LogP contribution in [0.2, 0.25) is 0 Å². The molecule has 9 heteroatoms. The summed E-state index contributed by atoms with van der Waals surface area (Å²) in [5.41, 5.74) is 4.70. The highest BCUT2D eigenvalue weighted by atomic mass is 16.5. The summed E-state index contributed by atoms with van der Waals surface area (Å²) in [6.45, 7) is 7.58. The van der Waals surface area contributed by atoms with E-state index in [2.05, 4.69) is 48.9 Å². The van der Waals surface area contributed by atoms with Gasteiger partial charge in [0.05, 0.1) is 30.4 Å². The molecule has 1 fully saturated rings. The van der Waals surface area contributed by atoms with Crippen molar-refractivity contribution in [3.63, 3.8) is 0 Å².